The van der Waals surface area contributed by atoms with E-state index >= 15 is 0 Å². The molecule has 0 atom stereocenters. The number of aromatic nitrogens is 3. The first-order valence-corrected chi connectivity index (χ1v) is 7.91. The van der Waals surface area contributed by atoms with E-state index < -0.39 is 0 Å². The Hall–Kier alpha value is -0.550. The molecule has 0 unspecified atom stereocenters. The minimum absolute atomic E-state index is 0.0993. The van der Waals surface area contributed by atoms with Gasteiger partial charge in [-0.3, -0.25) is 4.68 Å². The van der Waals surface area contributed by atoms with E-state index in [9.17, 15) is 0 Å². The summed E-state index contributed by atoms with van der Waals surface area (Å²) in [5, 5.41) is 8.23. The van der Waals surface area contributed by atoms with Gasteiger partial charge in [0.2, 0.25) is 0 Å². The summed E-state index contributed by atoms with van der Waals surface area (Å²) < 4.78 is 7.94. The lowest BCUT2D eigenvalue weighted by Crippen LogP contribution is -2.35. The van der Waals surface area contributed by atoms with Crippen molar-refractivity contribution in [2.24, 2.45) is 11.3 Å². The van der Waals surface area contributed by atoms with Gasteiger partial charge in [-0.05, 0) is 31.6 Å². The number of ether oxygens (including phenoxy) is 1. The summed E-state index contributed by atoms with van der Waals surface area (Å²) in [6.07, 6.45) is 2.94. The molecule has 0 aliphatic rings. The third kappa shape index (κ3) is 6.27. The van der Waals surface area contributed by atoms with Gasteiger partial charge in [-0.1, -0.05) is 32.9 Å². The van der Waals surface area contributed by atoms with Crippen molar-refractivity contribution in [2.45, 2.75) is 65.9 Å². The lowest BCUT2D eigenvalue weighted by molar-refractivity contribution is -0.0591. The summed E-state index contributed by atoms with van der Waals surface area (Å²) in [7, 11) is 0. The Morgan fingerprint density at radius 2 is 1.95 bits per heavy atom. The van der Waals surface area contributed by atoms with Crippen LogP contribution in [0.25, 0.3) is 0 Å². The van der Waals surface area contributed by atoms with E-state index in [0.717, 1.165) is 25.3 Å². The minimum atomic E-state index is -0.124. The average Bonchev–Trinajstić information content (AvgIpc) is 2.72. The summed E-state index contributed by atoms with van der Waals surface area (Å²) in [6, 6.07) is 0. The normalized spacial score (nSPS) is 13.2. The van der Waals surface area contributed by atoms with Gasteiger partial charge in [0.25, 0.3) is 0 Å². The molecule has 1 rings (SSSR count). The predicted octanol–water partition coefficient (Wildman–Crippen LogP) is 3.58. The monoisotopic (exact) mass is 299 g/mol. The van der Waals surface area contributed by atoms with E-state index in [0.29, 0.717) is 11.7 Å². The Kier molecular flexibility index (Phi) is 6.07. The van der Waals surface area contributed by atoms with Gasteiger partial charge in [-0.25, -0.2) is 0 Å². The van der Waals surface area contributed by atoms with Gasteiger partial charge in [-0.2, -0.15) is 12.6 Å². The summed E-state index contributed by atoms with van der Waals surface area (Å²) in [5.41, 5.74) is 0.891. The molecule has 116 valence electrons. The van der Waals surface area contributed by atoms with Crippen molar-refractivity contribution in [3.8, 4) is 0 Å². The van der Waals surface area contributed by atoms with Crippen molar-refractivity contribution in [3.05, 3.63) is 11.9 Å². The third-order valence-electron chi connectivity index (χ3n) is 3.05. The topological polar surface area (TPSA) is 39.9 Å². The average molecular weight is 299 g/mol. The van der Waals surface area contributed by atoms with Crippen molar-refractivity contribution in [3.63, 3.8) is 0 Å². The van der Waals surface area contributed by atoms with Gasteiger partial charge < -0.3 is 4.74 Å². The highest BCUT2D eigenvalue weighted by Gasteiger charge is 2.30. The van der Waals surface area contributed by atoms with E-state index in [1.165, 1.54) is 0 Å². The van der Waals surface area contributed by atoms with Gasteiger partial charge in [0, 0.05) is 25.1 Å². The molecule has 20 heavy (non-hydrogen) atoms. The third-order valence-corrected chi connectivity index (χ3v) is 3.37. The van der Waals surface area contributed by atoms with Crippen molar-refractivity contribution < 1.29 is 4.74 Å². The second-order valence-corrected chi connectivity index (χ2v) is 7.69. The fourth-order valence-electron chi connectivity index (χ4n) is 2.58. The second kappa shape index (κ2) is 6.94. The Labute approximate surface area is 128 Å². The largest absolute Gasteiger partial charge is 0.375 e. The summed E-state index contributed by atoms with van der Waals surface area (Å²) >= 11 is 4.21. The van der Waals surface area contributed by atoms with E-state index in [-0.39, 0.29) is 11.0 Å². The van der Waals surface area contributed by atoms with Crippen molar-refractivity contribution in [1.82, 2.24) is 15.0 Å². The molecule has 0 spiro atoms. The maximum Gasteiger partial charge on any atom is 0.0923 e. The van der Waals surface area contributed by atoms with E-state index in [4.69, 9.17) is 4.74 Å². The zero-order valence-corrected chi connectivity index (χ0v) is 14.6. The minimum Gasteiger partial charge on any atom is -0.375 e. The molecule has 0 fully saturated rings. The van der Waals surface area contributed by atoms with Gasteiger partial charge >= 0.3 is 0 Å². The van der Waals surface area contributed by atoms with Crippen LogP contribution >= 0.6 is 12.6 Å². The first-order valence-electron chi connectivity index (χ1n) is 7.27. The highest BCUT2D eigenvalue weighted by atomic mass is 32.1. The molecule has 0 N–H and O–H groups in total. The van der Waals surface area contributed by atoms with Crippen LogP contribution in [0.15, 0.2) is 6.20 Å². The summed E-state index contributed by atoms with van der Waals surface area (Å²) in [4.78, 5) is 0. The summed E-state index contributed by atoms with van der Waals surface area (Å²) in [5.74, 6) is 1.19. The van der Waals surface area contributed by atoms with E-state index in [1.807, 2.05) is 10.9 Å². The van der Waals surface area contributed by atoms with E-state index in [2.05, 4.69) is 64.5 Å². The van der Waals surface area contributed by atoms with Gasteiger partial charge in [0.1, 0.15) is 0 Å². The molecule has 0 aromatic carbocycles. The molecule has 0 aliphatic carbocycles. The fraction of sp³-hybridized carbons (Fsp3) is 0.867. The van der Waals surface area contributed by atoms with Gasteiger partial charge in [0.05, 0.1) is 11.3 Å². The molecule has 1 heterocycles. The SMILES string of the molecule is CC(C)COC(C)(C)CC(C)(C)Cn1cc(CS)nn1. The molecular formula is C15H29N3OS. The number of hydrogen-bond donors (Lipinski definition) is 1. The maximum atomic E-state index is 6.03. The molecule has 0 radical (unpaired) electrons. The molecule has 0 aliphatic heterocycles. The maximum absolute atomic E-state index is 6.03. The van der Waals surface area contributed by atoms with Crippen molar-refractivity contribution in [2.75, 3.05) is 6.61 Å². The van der Waals surface area contributed by atoms with Crippen LogP contribution in [0.2, 0.25) is 0 Å². The molecule has 0 saturated carbocycles. The quantitative estimate of drug-likeness (QED) is 0.746. The van der Waals surface area contributed by atoms with Crippen LogP contribution in [0.3, 0.4) is 0 Å². The molecule has 0 amide bonds. The standard InChI is InChI=1S/C15H29N3OS/c1-12(2)8-19-15(5,6)10-14(3,4)11-18-7-13(9-20)16-17-18/h7,12,20H,8-11H2,1-6H3. The summed E-state index contributed by atoms with van der Waals surface area (Å²) in [6.45, 7) is 14.8. The Morgan fingerprint density at radius 1 is 1.30 bits per heavy atom. The molecule has 1 aromatic heterocycles. The molecule has 5 heteroatoms. The molecule has 1 aromatic rings. The van der Waals surface area contributed by atoms with Gasteiger partial charge in [0.15, 0.2) is 0 Å². The van der Waals surface area contributed by atoms with Crippen LogP contribution in [0.1, 0.15) is 53.7 Å². The Bertz CT molecular complexity index is 413. The molecule has 0 saturated heterocycles. The van der Waals surface area contributed by atoms with Crippen molar-refractivity contribution >= 4 is 12.6 Å². The number of thiol groups is 1. The van der Waals surface area contributed by atoms with Crippen molar-refractivity contribution in [1.29, 1.82) is 0 Å². The van der Waals surface area contributed by atoms with Crippen LogP contribution in [-0.4, -0.2) is 27.2 Å². The fourth-order valence-corrected chi connectivity index (χ4v) is 2.72. The van der Waals surface area contributed by atoms with Crippen LogP contribution in [0.5, 0.6) is 0 Å². The van der Waals surface area contributed by atoms with E-state index in [1.54, 1.807) is 0 Å². The Morgan fingerprint density at radius 3 is 2.45 bits per heavy atom. The number of hydrogen-bond acceptors (Lipinski definition) is 4. The first-order chi connectivity index (χ1) is 9.13. The number of rotatable bonds is 8. The van der Waals surface area contributed by atoms with Gasteiger partial charge in [-0.15, -0.1) is 5.10 Å². The van der Waals surface area contributed by atoms with Crippen LogP contribution in [0.4, 0.5) is 0 Å². The highest BCUT2D eigenvalue weighted by Crippen LogP contribution is 2.32. The van der Waals surface area contributed by atoms with Crippen LogP contribution < -0.4 is 0 Å². The zero-order valence-electron chi connectivity index (χ0n) is 13.7. The smallest absolute Gasteiger partial charge is 0.0923 e. The second-order valence-electron chi connectivity index (χ2n) is 7.37. The predicted molar refractivity (Wildman–Crippen MR) is 86.0 cm³/mol. The van der Waals surface area contributed by atoms with Crippen LogP contribution in [-0.2, 0) is 17.0 Å². The highest BCUT2D eigenvalue weighted by molar-refractivity contribution is 7.79. The lowest BCUT2D eigenvalue weighted by Gasteiger charge is -2.35. The number of nitrogens with zero attached hydrogens (tertiary/aromatic N) is 3. The first kappa shape index (κ1) is 17.5. The molecular weight excluding hydrogens is 270 g/mol. The molecule has 4 nitrogen and oxygen atoms in total. The Balaban J connectivity index is 2.59. The zero-order chi connectivity index (χ0) is 15.4. The molecule has 0 bridgehead atoms. The lowest BCUT2D eigenvalue weighted by atomic mass is 9.81. The van der Waals surface area contributed by atoms with Crippen LogP contribution in [0, 0.1) is 11.3 Å².